The third-order valence-corrected chi connectivity index (χ3v) is 2.38. The first-order valence-corrected chi connectivity index (χ1v) is 4.84. The van der Waals surface area contributed by atoms with Crippen molar-refractivity contribution in [1.29, 1.82) is 0 Å². The van der Waals surface area contributed by atoms with E-state index in [1.165, 1.54) is 0 Å². The molecule has 1 unspecified atom stereocenters. The maximum Gasteiger partial charge on any atom is 0.320 e. The fourth-order valence-electron chi connectivity index (χ4n) is 1.51. The van der Waals surface area contributed by atoms with Gasteiger partial charge in [-0.05, 0) is 18.1 Å². The second-order valence-electron chi connectivity index (χ2n) is 3.60. The molecule has 0 amide bonds. The summed E-state index contributed by atoms with van der Waals surface area (Å²) in [7, 11) is 0. The van der Waals surface area contributed by atoms with Crippen LogP contribution in [0.1, 0.15) is 5.56 Å². The van der Waals surface area contributed by atoms with E-state index in [4.69, 9.17) is 10.8 Å². The van der Waals surface area contributed by atoms with E-state index in [9.17, 15) is 4.79 Å². The van der Waals surface area contributed by atoms with Crippen LogP contribution in [-0.4, -0.2) is 27.3 Å². The predicted octanol–water partition coefficient (Wildman–Crippen LogP) is 0.584. The van der Waals surface area contributed by atoms with Crippen LogP contribution in [0.15, 0.2) is 30.6 Å². The maximum absolute atomic E-state index is 10.6. The van der Waals surface area contributed by atoms with Crippen LogP contribution in [0.25, 0.3) is 10.8 Å². The average Bonchev–Trinajstić information content (AvgIpc) is 2.28. The molecule has 5 heteroatoms. The summed E-state index contributed by atoms with van der Waals surface area (Å²) >= 11 is 0. The summed E-state index contributed by atoms with van der Waals surface area (Å²) in [5.41, 5.74) is 6.35. The Kier molecular flexibility index (Phi) is 2.78. The minimum absolute atomic E-state index is 0.313. The summed E-state index contributed by atoms with van der Waals surface area (Å²) in [4.78, 5) is 10.6. The zero-order chi connectivity index (χ0) is 11.5. The Balaban J connectivity index is 2.29. The van der Waals surface area contributed by atoms with E-state index in [0.29, 0.717) is 6.42 Å². The van der Waals surface area contributed by atoms with Gasteiger partial charge in [0.25, 0.3) is 0 Å². The molecular formula is C11H11N3O2. The molecule has 1 atom stereocenters. The molecule has 0 spiro atoms. The van der Waals surface area contributed by atoms with Crippen molar-refractivity contribution >= 4 is 16.7 Å². The van der Waals surface area contributed by atoms with Crippen molar-refractivity contribution in [2.45, 2.75) is 12.5 Å². The van der Waals surface area contributed by atoms with Gasteiger partial charge in [-0.2, -0.15) is 10.2 Å². The van der Waals surface area contributed by atoms with Crippen LogP contribution in [0.3, 0.4) is 0 Å². The van der Waals surface area contributed by atoms with E-state index < -0.39 is 12.0 Å². The zero-order valence-corrected chi connectivity index (χ0v) is 8.50. The van der Waals surface area contributed by atoms with E-state index in [1.54, 1.807) is 12.4 Å². The number of fused-ring (bicyclic) bond motifs is 1. The normalized spacial score (nSPS) is 12.6. The van der Waals surface area contributed by atoms with Gasteiger partial charge in [-0.15, -0.1) is 0 Å². The third kappa shape index (κ3) is 2.14. The fourth-order valence-corrected chi connectivity index (χ4v) is 1.51. The van der Waals surface area contributed by atoms with Gasteiger partial charge in [-0.3, -0.25) is 4.79 Å². The number of hydrogen-bond donors (Lipinski definition) is 2. The van der Waals surface area contributed by atoms with E-state index in [0.717, 1.165) is 16.3 Å². The van der Waals surface area contributed by atoms with Crippen molar-refractivity contribution in [1.82, 2.24) is 10.2 Å². The molecule has 0 radical (unpaired) electrons. The lowest BCUT2D eigenvalue weighted by Crippen LogP contribution is -2.32. The minimum Gasteiger partial charge on any atom is -0.480 e. The zero-order valence-electron chi connectivity index (χ0n) is 8.50. The Bertz CT molecular complexity index is 527. The van der Waals surface area contributed by atoms with Crippen LogP contribution in [0, 0.1) is 0 Å². The standard InChI is InChI=1S/C11H11N3O2/c12-10(11(15)16)4-7-1-2-8-5-13-14-6-9(8)3-7/h1-3,5-6,10H,4,12H2,(H,15,16). The highest BCUT2D eigenvalue weighted by Crippen LogP contribution is 2.14. The first kappa shape index (κ1) is 10.5. The van der Waals surface area contributed by atoms with Crippen LogP contribution in [-0.2, 0) is 11.2 Å². The summed E-state index contributed by atoms with van der Waals surface area (Å²) in [6, 6.07) is 4.75. The van der Waals surface area contributed by atoms with Gasteiger partial charge in [0.05, 0.1) is 12.4 Å². The SMILES string of the molecule is NC(Cc1ccc2cnncc2c1)C(=O)O. The molecule has 0 bridgehead atoms. The fraction of sp³-hybridized carbons (Fsp3) is 0.182. The van der Waals surface area contributed by atoms with Crippen LogP contribution < -0.4 is 5.73 Å². The molecule has 1 aromatic heterocycles. The molecule has 16 heavy (non-hydrogen) atoms. The molecule has 0 saturated carbocycles. The van der Waals surface area contributed by atoms with Crippen molar-refractivity contribution in [2.24, 2.45) is 5.73 Å². The number of hydrogen-bond acceptors (Lipinski definition) is 4. The molecule has 3 N–H and O–H groups in total. The number of carboxylic acid groups (broad SMARTS) is 1. The Morgan fingerprint density at radius 1 is 1.31 bits per heavy atom. The number of benzene rings is 1. The Morgan fingerprint density at radius 2 is 2.00 bits per heavy atom. The van der Waals surface area contributed by atoms with E-state index in [1.807, 2.05) is 18.2 Å². The summed E-state index contributed by atoms with van der Waals surface area (Å²) < 4.78 is 0. The highest BCUT2D eigenvalue weighted by molar-refractivity contribution is 5.81. The maximum atomic E-state index is 10.6. The van der Waals surface area contributed by atoms with Crippen LogP contribution in [0.4, 0.5) is 0 Å². The topological polar surface area (TPSA) is 89.1 Å². The van der Waals surface area contributed by atoms with Crippen molar-refractivity contribution in [3.05, 3.63) is 36.2 Å². The summed E-state index contributed by atoms with van der Waals surface area (Å²) in [5.74, 6) is -0.993. The van der Waals surface area contributed by atoms with Crippen molar-refractivity contribution < 1.29 is 9.90 Å². The quantitative estimate of drug-likeness (QED) is 0.785. The van der Waals surface area contributed by atoms with E-state index in [2.05, 4.69) is 10.2 Å². The Morgan fingerprint density at radius 3 is 2.69 bits per heavy atom. The number of nitrogens with two attached hydrogens (primary N) is 1. The summed E-state index contributed by atoms with van der Waals surface area (Å²) in [6.07, 6.45) is 3.62. The van der Waals surface area contributed by atoms with Crippen molar-refractivity contribution in [3.63, 3.8) is 0 Å². The average molecular weight is 217 g/mol. The van der Waals surface area contributed by atoms with Crippen molar-refractivity contribution in [3.8, 4) is 0 Å². The van der Waals surface area contributed by atoms with Crippen molar-refractivity contribution in [2.75, 3.05) is 0 Å². The monoisotopic (exact) mass is 217 g/mol. The van der Waals surface area contributed by atoms with Gasteiger partial charge >= 0.3 is 5.97 Å². The van der Waals surface area contributed by atoms with Gasteiger partial charge in [0.1, 0.15) is 6.04 Å². The Hall–Kier alpha value is -2.01. The number of carboxylic acids is 1. The second kappa shape index (κ2) is 4.24. The van der Waals surface area contributed by atoms with Gasteiger partial charge in [0.2, 0.25) is 0 Å². The molecule has 0 aliphatic carbocycles. The molecule has 5 nitrogen and oxygen atoms in total. The van der Waals surface area contributed by atoms with E-state index >= 15 is 0 Å². The molecule has 2 rings (SSSR count). The lowest BCUT2D eigenvalue weighted by Gasteiger charge is -2.06. The predicted molar refractivity (Wildman–Crippen MR) is 58.9 cm³/mol. The van der Waals surface area contributed by atoms with Gasteiger partial charge in [0, 0.05) is 10.8 Å². The summed E-state index contributed by atoms with van der Waals surface area (Å²) in [6.45, 7) is 0. The molecule has 0 fully saturated rings. The number of nitrogens with zero attached hydrogens (tertiary/aromatic N) is 2. The van der Waals surface area contributed by atoms with Crippen LogP contribution >= 0.6 is 0 Å². The molecule has 0 aliphatic heterocycles. The van der Waals surface area contributed by atoms with Gasteiger partial charge in [-0.25, -0.2) is 0 Å². The lowest BCUT2D eigenvalue weighted by molar-refractivity contribution is -0.138. The smallest absolute Gasteiger partial charge is 0.320 e. The van der Waals surface area contributed by atoms with Gasteiger partial charge in [-0.1, -0.05) is 12.1 Å². The number of aliphatic carboxylic acids is 1. The first-order valence-electron chi connectivity index (χ1n) is 4.84. The third-order valence-electron chi connectivity index (χ3n) is 2.38. The number of carbonyl (C=O) groups is 1. The first-order chi connectivity index (χ1) is 7.66. The molecule has 1 aromatic carbocycles. The molecule has 2 aromatic rings. The Labute approximate surface area is 91.9 Å². The highest BCUT2D eigenvalue weighted by atomic mass is 16.4. The molecule has 0 aliphatic rings. The largest absolute Gasteiger partial charge is 0.480 e. The highest BCUT2D eigenvalue weighted by Gasteiger charge is 2.12. The molecular weight excluding hydrogens is 206 g/mol. The van der Waals surface area contributed by atoms with Gasteiger partial charge in [0.15, 0.2) is 0 Å². The number of aromatic nitrogens is 2. The van der Waals surface area contributed by atoms with Crippen LogP contribution in [0.5, 0.6) is 0 Å². The summed E-state index contributed by atoms with van der Waals surface area (Å²) in [5, 5.41) is 18.2. The molecule has 82 valence electrons. The minimum atomic E-state index is -0.993. The molecule has 1 heterocycles. The second-order valence-corrected chi connectivity index (χ2v) is 3.60. The van der Waals surface area contributed by atoms with Gasteiger partial charge < -0.3 is 10.8 Å². The number of rotatable bonds is 3. The van der Waals surface area contributed by atoms with Crippen LogP contribution in [0.2, 0.25) is 0 Å². The lowest BCUT2D eigenvalue weighted by atomic mass is 10.0. The van der Waals surface area contributed by atoms with E-state index in [-0.39, 0.29) is 0 Å². The molecule has 0 saturated heterocycles.